The Morgan fingerprint density at radius 1 is 1.23 bits per heavy atom. The summed E-state index contributed by atoms with van der Waals surface area (Å²) >= 11 is 6.33. The number of nitrogens with one attached hydrogen (secondary N) is 1. The first-order chi connectivity index (χ1) is 12.3. The average molecular weight is 384 g/mol. The highest BCUT2D eigenvalue weighted by Gasteiger charge is 2.44. The first-order valence-electron chi connectivity index (χ1n) is 8.88. The van der Waals surface area contributed by atoms with Crippen LogP contribution in [0.1, 0.15) is 52.0 Å². The third-order valence-corrected chi connectivity index (χ3v) is 4.90. The maximum atomic E-state index is 12.4. The molecule has 2 N–H and O–H groups in total. The summed E-state index contributed by atoms with van der Waals surface area (Å²) < 4.78 is 10.2. The monoisotopic (exact) mass is 383 g/mol. The lowest BCUT2D eigenvalue weighted by Crippen LogP contribution is -2.56. The van der Waals surface area contributed by atoms with E-state index in [1.165, 1.54) is 6.92 Å². The lowest BCUT2D eigenvalue weighted by Gasteiger charge is -2.42. The number of amides is 1. The van der Waals surface area contributed by atoms with Gasteiger partial charge in [-0.25, -0.2) is 4.79 Å². The Morgan fingerprint density at radius 2 is 1.92 bits per heavy atom. The molecule has 1 aliphatic carbocycles. The first kappa shape index (κ1) is 20.5. The van der Waals surface area contributed by atoms with Crippen LogP contribution in [0.25, 0.3) is 0 Å². The van der Waals surface area contributed by atoms with Crippen molar-refractivity contribution in [1.29, 1.82) is 0 Å². The van der Waals surface area contributed by atoms with E-state index < -0.39 is 30.0 Å². The maximum absolute atomic E-state index is 12.4. The number of halogens is 1. The minimum Gasteiger partial charge on any atom is -0.425 e. The van der Waals surface area contributed by atoms with Crippen LogP contribution in [-0.4, -0.2) is 29.6 Å². The van der Waals surface area contributed by atoms with Gasteiger partial charge in [-0.3, -0.25) is 4.79 Å². The molecule has 1 amide bonds. The van der Waals surface area contributed by atoms with Gasteiger partial charge in [-0.2, -0.15) is 0 Å². The molecule has 0 saturated heterocycles. The van der Waals surface area contributed by atoms with Crippen molar-refractivity contribution in [3.8, 4) is 0 Å². The molecule has 1 aromatic carbocycles. The number of aliphatic hydroxyl groups is 1. The highest BCUT2D eigenvalue weighted by molar-refractivity contribution is 6.31. The lowest BCUT2D eigenvalue weighted by atomic mass is 9.74. The molecular formula is C19H26ClNO5. The molecule has 0 bridgehead atoms. The second-order valence-electron chi connectivity index (χ2n) is 6.90. The maximum Gasteiger partial charge on any atom is 0.411 e. The van der Waals surface area contributed by atoms with Crippen LogP contribution in [0.2, 0.25) is 5.02 Å². The zero-order valence-corrected chi connectivity index (χ0v) is 16.1. The van der Waals surface area contributed by atoms with Gasteiger partial charge in [-0.05, 0) is 24.5 Å². The number of esters is 1. The van der Waals surface area contributed by atoms with Crippen LogP contribution in [0.4, 0.5) is 4.79 Å². The zero-order valence-electron chi connectivity index (χ0n) is 15.3. The summed E-state index contributed by atoms with van der Waals surface area (Å²) in [6, 6.07) is 7.12. The number of hydrogen-bond donors (Lipinski definition) is 2. The molecular weight excluding hydrogens is 358 g/mol. The highest BCUT2D eigenvalue weighted by Crippen LogP contribution is 2.40. The Labute approximate surface area is 158 Å². The van der Waals surface area contributed by atoms with Crippen molar-refractivity contribution < 1.29 is 24.2 Å². The second kappa shape index (κ2) is 8.73. The third kappa shape index (κ3) is 4.68. The van der Waals surface area contributed by atoms with E-state index in [0.717, 1.165) is 12.8 Å². The van der Waals surface area contributed by atoms with Gasteiger partial charge >= 0.3 is 12.1 Å². The molecule has 0 radical (unpaired) electrons. The standard InChI is InChI=1S/C19H26ClNO5/c1-12(2)17(23)25-13(3)26-18(24)21-19(11-7-6-10-16(19)22)14-8-4-5-9-15(14)20/h4-5,8-9,12-13,16,22H,6-7,10-11H2,1-3H3,(H,21,24)/t13?,16?,19-/m0/s1. The van der Waals surface area contributed by atoms with Crippen LogP contribution >= 0.6 is 11.6 Å². The van der Waals surface area contributed by atoms with Gasteiger partial charge in [0.2, 0.25) is 6.29 Å². The van der Waals surface area contributed by atoms with E-state index in [9.17, 15) is 14.7 Å². The Morgan fingerprint density at radius 3 is 2.54 bits per heavy atom. The summed E-state index contributed by atoms with van der Waals surface area (Å²) in [5, 5.41) is 13.9. The normalized spacial score (nSPS) is 24.0. The van der Waals surface area contributed by atoms with Crippen molar-refractivity contribution in [2.75, 3.05) is 0 Å². The minimum atomic E-state index is -1.03. The molecule has 6 nitrogen and oxygen atoms in total. The summed E-state index contributed by atoms with van der Waals surface area (Å²) in [7, 11) is 0. The number of ether oxygens (including phenoxy) is 2. The Kier molecular flexibility index (Phi) is 6.89. The smallest absolute Gasteiger partial charge is 0.411 e. The number of rotatable bonds is 5. The minimum absolute atomic E-state index is 0.321. The Balaban J connectivity index is 2.16. The summed E-state index contributed by atoms with van der Waals surface area (Å²) in [6.07, 6.45) is 0.185. The SMILES string of the molecule is CC(OC(=O)N[C@]1(c2ccccc2Cl)CCCCC1O)OC(=O)C(C)C. The lowest BCUT2D eigenvalue weighted by molar-refractivity contribution is -0.169. The van der Waals surface area contributed by atoms with E-state index in [-0.39, 0.29) is 5.92 Å². The van der Waals surface area contributed by atoms with E-state index in [1.807, 2.05) is 6.07 Å². The second-order valence-corrected chi connectivity index (χ2v) is 7.31. The fraction of sp³-hybridized carbons (Fsp3) is 0.579. The molecule has 0 spiro atoms. The van der Waals surface area contributed by atoms with E-state index in [1.54, 1.807) is 32.0 Å². The molecule has 7 heteroatoms. The predicted molar refractivity (Wildman–Crippen MR) is 97.6 cm³/mol. The number of hydrogen-bond acceptors (Lipinski definition) is 5. The van der Waals surface area contributed by atoms with Gasteiger partial charge in [0.05, 0.1) is 17.6 Å². The van der Waals surface area contributed by atoms with Gasteiger partial charge in [0.1, 0.15) is 0 Å². The van der Waals surface area contributed by atoms with Crippen LogP contribution < -0.4 is 5.32 Å². The average Bonchev–Trinajstić information content (AvgIpc) is 2.57. The van der Waals surface area contributed by atoms with E-state index in [0.29, 0.717) is 23.4 Å². The third-order valence-electron chi connectivity index (χ3n) is 4.57. The predicted octanol–water partition coefficient (Wildman–Crippen LogP) is 3.74. The van der Waals surface area contributed by atoms with Gasteiger partial charge in [-0.15, -0.1) is 0 Å². The molecule has 1 saturated carbocycles. The van der Waals surface area contributed by atoms with Crippen LogP contribution in [-0.2, 0) is 19.8 Å². The molecule has 3 atom stereocenters. The summed E-state index contributed by atoms with van der Waals surface area (Å²) in [5.41, 5.74) is -0.382. The van der Waals surface area contributed by atoms with Crippen molar-refractivity contribution in [3.63, 3.8) is 0 Å². The highest BCUT2D eigenvalue weighted by atomic mass is 35.5. The zero-order chi connectivity index (χ0) is 19.3. The van der Waals surface area contributed by atoms with E-state index in [2.05, 4.69) is 5.32 Å². The summed E-state index contributed by atoms with van der Waals surface area (Å²) in [6.45, 7) is 4.86. The van der Waals surface area contributed by atoms with Crippen molar-refractivity contribution in [2.24, 2.45) is 5.92 Å². The fourth-order valence-electron chi connectivity index (χ4n) is 3.19. The molecule has 1 aliphatic rings. The molecule has 0 aromatic heterocycles. The molecule has 144 valence electrons. The fourth-order valence-corrected chi connectivity index (χ4v) is 3.50. The number of carbonyl (C=O) groups is 2. The van der Waals surface area contributed by atoms with Gasteiger partial charge in [0, 0.05) is 11.9 Å². The van der Waals surface area contributed by atoms with Gasteiger partial charge in [-0.1, -0.05) is 56.5 Å². The number of benzene rings is 1. The summed E-state index contributed by atoms with van der Waals surface area (Å²) in [4.78, 5) is 24.0. The van der Waals surface area contributed by atoms with Crippen LogP contribution in [0.5, 0.6) is 0 Å². The number of alkyl carbamates (subject to hydrolysis) is 1. The number of aliphatic hydroxyl groups excluding tert-OH is 1. The van der Waals surface area contributed by atoms with Crippen molar-refractivity contribution in [1.82, 2.24) is 5.32 Å². The molecule has 0 heterocycles. The van der Waals surface area contributed by atoms with Crippen LogP contribution in [0, 0.1) is 5.92 Å². The molecule has 26 heavy (non-hydrogen) atoms. The Bertz CT molecular complexity index is 651. The van der Waals surface area contributed by atoms with E-state index >= 15 is 0 Å². The largest absolute Gasteiger partial charge is 0.425 e. The topological polar surface area (TPSA) is 84.9 Å². The van der Waals surface area contributed by atoms with Crippen LogP contribution in [0.15, 0.2) is 24.3 Å². The van der Waals surface area contributed by atoms with Crippen LogP contribution in [0.3, 0.4) is 0 Å². The first-order valence-corrected chi connectivity index (χ1v) is 9.26. The Hall–Kier alpha value is -1.79. The van der Waals surface area contributed by atoms with Gasteiger partial charge in [0.25, 0.3) is 0 Å². The van der Waals surface area contributed by atoms with E-state index in [4.69, 9.17) is 21.1 Å². The number of carbonyl (C=O) groups excluding carboxylic acids is 2. The molecule has 1 fully saturated rings. The molecule has 1 aromatic rings. The van der Waals surface area contributed by atoms with Gasteiger partial charge < -0.3 is 19.9 Å². The molecule has 2 unspecified atom stereocenters. The molecule has 2 rings (SSSR count). The van der Waals surface area contributed by atoms with Gasteiger partial charge in [0.15, 0.2) is 0 Å². The van der Waals surface area contributed by atoms with Crippen molar-refractivity contribution in [3.05, 3.63) is 34.9 Å². The quantitative estimate of drug-likeness (QED) is 0.597. The summed E-state index contributed by atoms with van der Waals surface area (Å²) in [5.74, 6) is -0.775. The van der Waals surface area contributed by atoms with Crippen molar-refractivity contribution in [2.45, 2.75) is 64.4 Å². The van der Waals surface area contributed by atoms with Crippen molar-refractivity contribution >= 4 is 23.7 Å². The molecule has 0 aliphatic heterocycles.